The minimum Gasteiger partial charge on any atom is -0.488 e. The Morgan fingerprint density at radius 3 is 3.00 bits per heavy atom. The summed E-state index contributed by atoms with van der Waals surface area (Å²) in [6.07, 6.45) is 0.489. The molecule has 0 saturated carbocycles. The molecule has 2 rings (SSSR count). The first-order chi connectivity index (χ1) is 7.66. The van der Waals surface area contributed by atoms with Gasteiger partial charge in [-0.05, 0) is 19.1 Å². The topological polar surface area (TPSA) is 38.7 Å². The van der Waals surface area contributed by atoms with Gasteiger partial charge in [0.05, 0.1) is 19.3 Å². The molecule has 3 nitrogen and oxygen atoms in total. The first-order valence-corrected chi connectivity index (χ1v) is 6.18. The van der Waals surface area contributed by atoms with E-state index >= 15 is 0 Å². The van der Waals surface area contributed by atoms with Gasteiger partial charge in [0.15, 0.2) is 0 Å². The van der Waals surface area contributed by atoms with Crippen molar-refractivity contribution in [2.75, 3.05) is 13.2 Å². The van der Waals surface area contributed by atoms with Crippen molar-refractivity contribution >= 4 is 15.9 Å². The quantitative estimate of drug-likeness (QED) is 0.929. The second-order valence-corrected chi connectivity index (χ2v) is 4.88. The summed E-state index contributed by atoms with van der Waals surface area (Å²) < 4.78 is 12.0. The molecule has 1 aliphatic rings. The van der Waals surface area contributed by atoms with Crippen molar-refractivity contribution in [1.29, 1.82) is 0 Å². The highest BCUT2D eigenvalue weighted by molar-refractivity contribution is 9.10. The maximum atomic E-state index is 9.64. The Bertz CT molecular complexity index is 359. The number of ether oxygens (including phenoxy) is 2. The van der Waals surface area contributed by atoms with Crippen LogP contribution in [0, 0.1) is 0 Å². The lowest BCUT2D eigenvalue weighted by Gasteiger charge is -2.17. The van der Waals surface area contributed by atoms with Gasteiger partial charge in [-0.1, -0.05) is 22.0 Å². The third kappa shape index (κ3) is 2.75. The van der Waals surface area contributed by atoms with Crippen LogP contribution in [0.3, 0.4) is 0 Å². The highest BCUT2D eigenvalue weighted by Crippen LogP contribution is 2.30. The average Bonchev–Trinajstić information content (AvgIpc) is 2.70. The summed E-state index contributed by atoms with van der Waals surface area (Å²) in [6, 6.07) is 5.67. The number of aliphatic hydroxyl groups excluding tert-OH is 1. The zero-order valence-electron chi connectivity index (χ0n) is 9.15. The molecule has 1 aromatic rings. The van der Waals surface area contributed by atoms with E-state index in [1.165, 1.54) is 0 Å². The maximum Gasteiger partial charge on any atom is 0.126 e. The number of rotatable bonds is 3. The zero-order valence-corrected chi connectivity index (χ0v) is 10.7. The van der Waals surface area contributed by atoms with E-state index in [4.69, 9.17) is 9.47 Å². The summed E-state index contributed by atoms with van der Waals surface area (Å²) in [5.74, 6) is 0.736. The van der Waals surface area contributed by atoms with E-state index in [0.717, 1.165) is 28.8 Å². The van der Waals surface area contributed by atoms with Crippen LogP contribution in [0.2, 0.25) is 0 Å². The fourth-order valence-corrected chi connectivity index (χ4v) is 2.08. The Balaban J connectivity index is 2.19. The predicted octanol–water partition coefficient (Wildman–Crippen LogP) is 2.67. The van der Waals surface area contributed by atoms with Gasteiger partial charge in [0, 0.05) is 16.5 Å². The van der Waals surface area contributed by atoms with Crippen LogP contribution in [0.25, 0.3) is 0 Å². The fourth-order valence-electron chi connectivity index (χ4n) is 1.74. The van der Waals surface area contributed by atoms with Crippen molar-refractivity contribution in [3.63, 3.8) is 0 Å². The van der Waals surface area contributed by atoms with E-state index in [1.807, 2.05) is 18.2 Å². The minimum absolute atomic E-state index is 0.104. The zero-order chi connectivity index (χ0) is 11.5. The standard InChI is InChI=1S/C12H15BrO3/c1-8(14)11-3-2-9(13)6-12(11)16-10-4-5-15-7-10/h2-3,6,8,10,14H,4-5,7H2,1H3/t8-,10?/m1/s1. The van der Waals surface area contributed by atoms with Gasteiger partial charge in [-0.2, -0.15) is 0 Å². The van der Waals surface area contributed by atoms with E-state index < -0.39 is 6.10 Å². The monoisotopic (exact) mass is 286 g/mol. The number of benzene rings is 1. The number of halogens is 1. The molecule has 1 N–H and O–H groups in total. The van der Waals surface area contributed by atoms with Crippen LogP contribution in [-0.2, 0) is 4.74 Å². The summed E-state index contributed by atoms with van der Waals surface area (Å²) in [4.78, 5) is 0. The molecule has 0 radical (unpaired) electrons. The molecule has 0 amide bonds. The van der Waals surface area contributed by atoms with E-state index in [1.54, 1.807) is 6.92 Å². The van der Waals surface area contributed by atoms with Crippen molar-refractivity contribution in [3.8, 4) is 5.75 Å². The summed E-state index contributed by atoms with van der Waals surface area (Å²) >= 11 is 3.40. The van der Waals surface area contributed by atoms with E-state index in [-0.39, 0.29) is 6.10 Å². The third-order valence-electron chi connectivity index (χ3n) is 2.61. The largest absolute Gasteiger partial charge is 0.488 e. The Kier molecular flexibility index (Phi) is 3.84. The molecule has 1 saturated heterocycles. The first-order valence-electron chi connectivity index (χ1n) is 5.38. The summed E-state index contributed by atoms with van der Waals surface area (Å²) in [7, 11) is 0. The molecule has 0 aliphatic carbocycles. The van der Waals surface area contributed by atoms with Crippen molar-refractivity contribution in [1.82, 2.24) is 0 Å². The molecule has 1 fully saturated rings. The van der Waals surface area contributed by atoms with Gasteiger partial charge < -0.3 is 14.6 Å². The highest BCUT2D eigenvalue weighted by Gasteiger charge is 2.19. The SMILES string of the molecule is C[C@@H](O)c1ccc(Br)cc1OC1CCOC1. The summed E-state index contributed by atoms with van der Waals surface area (Å²) in [5, 5.41) is 9.64. The summed E-state index contributed by atoms with van der Waals surface area (Å²) in [5.41, 5.74) is 0.815. The van der Waals surface area contributed by atoms with Crippen LogP contribution >= 0.6 is 15.9 Å². The second kappa shape index (κ2) is 5.17. The molecule has 1 unspecified atom stereocenters. The smallest absolute Gasteiger partial charge is 0.126 e. The maximum absolute atomic E-state index is 9.64. The van der Waals surface area contributed by atoms with Crippen molar-refractivity contribution in [3.05, 3.63) is 28.2 Å². The predicted molar refractivity (Wildman–Crippen MR) is 64.6 cm³/mol. The van der Waals surface area contributed by atoms with Crippen molar-refractivity contribution in [2.45, 2.75) is 25.6 Å². The van der Waals surface area contributed by atoms with Crippen LogP contribution in [0.1, 0.15) is 25.0 Å². The van der Waals surface area contributed by atoms with Crippen LogP contribution in [0.15, 0.2) is 22.7 Å². The van der Waals surface area contributed by atoms with Gasteiger partial charge in [-0.25, -0.2) is 0 Å². The molecule has 0 spiro atoms. The minimum atomic E-state index is -0.523. The second-order valence-electron chi connectivity index (χ2n) is 3.96. The number of hydrogen-bond acceptors (Lipinski definition) is 3. The molecular weight excluding hydrogens is 272 g/mol. The van der Waals surface area contributed by atoms with E-state index in [9.17, 15) is 5.11 Å². The van der Waals surface area contributed by atoms with Crippen molar-refractivity contribution in [2.24, 2.45) is 0 Å². The molecule has 16 heavy (non-hydrogen) atoms. The van der Waals surface area contributed by atoms with E-state index in [2.05, 4.69) is 15.9 Å². The third-order valence-corrected chi connectivity index (χ3v) is 3.10. The Morgan fingerprint density at radius 1 is 1.56 bits per heavy atom. The van der Waals surface area contributed by atoms with Crippen LogP contribution in [0.4, 0.5) is 0 Å². The Morgan fingerprint density at radius 2 is 2.38 bits per heavy atom. The average molecular weight is 287 g/mol. The lowest BCUT2D eigenvalue weighted by Crippen LogP contribution is -2.17. The van der Waals surface area contributed by atoms with Gasteiger partial charge >= 0.3 is 0 Å². The fraction of sp³-hybridized carbons (Fsp3) is 0.500. The van der Waals surface area contributed by atoms with Crippen LogP contribution < -0.4 is 4.74 Å². The van der Waals surface area contributed by atoms with Gasteiger partial charge in [-0.3, -0.25) is 0 Å². The molecule has 0 aromatic heterocycles. The molecule has 0 bridgehead atoms. The lowest BCUT2D eigenvalue weighted by atomic mass is 10.1. The Hall–Kier alpha value is -0.580. The van der Waals surface area contributed by atoms with E-state index in [0.29, 0.717) is 6.61 Å². The molecule has 1 heterocycles. The molecule has 2 atom stereocenters. The van der Waals surface area contributed by atoms with Gasteiger partial charge in [0.2, 0.25) is 0 Å². The number of aliphatic hydroxyl groups is 1. The molecule has 1 aromatic carbocycles. The molecular formula is C12H15BrO3. The van der Waals surface area contributed by atoms with Gasteiger partial charge in [0.25, 0.3) is 0 Å². The normalized spacial score (nSPS) is 22.1. The highest BCUT2D eigenvalue weighted by atomic mass is 79.9. The van der Waals surface area contributed by atoms with Crippen LogP contribution in [0.5, 0.6) is 5.75 Å². The van der Waals surface area contributed by atoms with Gasteiger partial charge in [-0.15, -0.1) is 0 Å². The van der Waals surface area contributed by atoms with Crippen LogP contribution in [-0.4, -0.2) is 24.4 Å². The molecule has 4 heteroatoms. The number of hydrogen-bond donors (Lipinski definition) is 1. The first kappa shape index (κ1) is 11.9. The molecule has 88 valence electrons. The lowest BCUT2D eigenvalue weighted by molar-refractivity contribution is 0.135. The molecule has 1 aliphatic heterocycles. The van der Waals surface area contributed by atoms with Crippen molar-refractivity contribution < 1.29 is 14.6 Å². The van der Waals surface area contributed by atoms with Gasteiger partial charge in [0.1, 0.15) is 11.9 Å². The Labute approximate surface area is 104 Å². The summed E-state index contributed by atoms with van der Waals surface area (Å²) in [6.45, 7) is 3.12.